The van der Waals surface area contributed by atoms with Gasteiger partial charge in [-0.25, -0.2) is 14.2 Å². The number of carboxylic acid groups (broad SMARTS) is 1. The van der Waals surface area contributed by atoms with E-state index in [4.69, 9.17) is 9.84 Å². The molecule has 2 rings (SSSR count). The Morgan fingerprint density at radius 1 is 1.53 bits per heavy atom. The molecule has 0 spiro atoms. The van der Waals surface area contributed by atoms with E-state index in [0.29, 0.717) is 18.0 Å². The van der Waals surface area contributed by atoms with Crippen LogP contribution in [0, 0.1) is 12.7 Å². The molecular weight excluding hydrogens is 251 g/mol. The summed E-state index contributed by atoms with van der Waals surface area (Å²) in [6.45, 7) is 3.76. The van der Waals surface area contributed by atoms with Crippen molar-refractivity contribution in [2.24, 2.45) is 0 Å². The van der Waals surface area contributed by atoms with Crippen molar-refractivity contribution in [1.82, 2.24) is 9.97 Å². The molecule has 0 fully saturated rings. The van der Waals surface area contributed by atoms with E-state index in [0.717, 1.165) is 0 Å². The van der Waals surface area contributed by atoms with Crippen molar-refractivity contribution >= 4 is 5.97 Å². The third kappa shape index (κ3) is 2.57. The van der Waals surface area contributed by atoms with Crippen LogP contribution in [0.4, 0.5) is 4.39 Å². The van der Waals surface area contributed by atoms with Crippen LogP contribution in [0.15, 0.2) is 18.2 Å². The molecule has 1 aromatic heterocycles. The smallest absolute Gasteiger partial charge is 0.354 e. The van der Waals surface area contributed by atoms with E-state index in [9.17, 15) is 9.18 Å². The van der Waals surface area contributed by atoms with E-state index in [1.807, 2.05) is 0 Å². The molecule has 0 saturated carbocycles. The molecule has 0 saturated heterocycles. The van der Waals surface area contributed by atoms with Gasteiger partial charge in [0, 0.05) is 5.56 Å². The number of nitrogens with one attached hydrogen (secondary N) is 1. The van der Waals surface area contributed by atoms with Crippen LogP contribution in [-0.2, 0) is 0 Å². The fourth-order valence-corrected chi connectivity index (χ4v) is 1.78. The van der Waals surface area contributed by atoms with E-state index in [1.165, 1.54) is 12.1 Å². The van der Waals surface area contributed by atoms with Gasteiger partial charge in [-0.3, -0.25) is 0 Å². The number of ether oxygens (including phenoxy) is 1. The van der Waals surface area contributed by atoms with Crippen molar-refractivity contribution in [3.63, 3.8) is 0 Å². The number of carboxylic acids is 1. The fraction of sp³-hybridized carbons (Fsp3) is 0.231. The Labute approximate surface area is 109 Å². The first-order chi connectivity index (χ1) is 9.02. The molecular formula is C13H13FN2O3. The fourth-order valence-electron chi connectivity index (χ4n) is 1.78. The molecule has 2 N–H and O–H groups in total. The normalized spacial score (nSPS) is 10.5. The summed E-state index contributed by atoms with van der Waals surface area (Å²) >= 11 is 0. The summed E-state index contributed by atoms with van der Waals surface area (Å²) in [5, 5.41) is 9.06. The highest BCUT2D eigenvalue weighted by molar-refractivity contribution is 5.93. The molecule has 6 heteroatoms. The van der Waals surface area contributed by atoms with Gasteiger partial charge in [0.05, 0.1) is 6.61 Å². The lowest BCUT2D eigenvalue weighted by atomic mass is 10.1. The summed E-state index contributed by atoms with van der Waals surface area (Å²) in [4.78, 5) is 17.8. The predicted molar refractivity (Wildman–Crippen MR) is 66.8 cm³/mol. The number of carbonyl (C=O) groups is 1. The van der Waals surface area contributed by atoms with Gasteiger partial charge in [0.1, 0.15) is 11.5 Å². The Morgan fingerprint density at radius 3 is 2.84 bits per heavy atom. The van der Waals surface area contributed by atoms with E-state index in [1.54, 1.807) is 19.9 Å². The Kier molecular flexibility index (Phi) is 3.50. The zero-order valence-electron chi connectivity index (χ0n) is 10.5. The number of hydrogen-bond acceptors (Lipinski definition) is 3. The van der Waals surface area contributed by atoms with Gasteiger partial charge < -0.3 is 14.8 Å². The average molecular weight is 264 g/mol. The highest BCUT2D eigenvalue weighted by Gasteiger charge is 2.17. The number of H-pyrrole nitrogens is 1. The number of imidazole rings is 1. The number of aromatic amines is 1. The first-order valence-electron chi connectivity index (χ1n) is 5.75. The predicted octanol–water partition coefficient (Wildman–Crippen LogP) is 2.62. The van der Waals surface area contributed by atoms with E-state index in [2.05, 4.69) is 9.97 Å². The van der Waals surface area contributed by atoms with Crippen LogP contribution >= 0.6 is 0 Å². The van der Waals surface area contributed by atoms with E-state index in [-0.39, 0.29) is 17.1 Å². The third-order valence-electron chi connectivity index (χ3n) is 2.54. The van der Waals surface area contributed by atoms with Crippen LogP contribution in [0.1, 0.15) is 23.2 Å². The third-order valence-corrected chi connectivity index (χ3v) is 2.54. The molecule has 0 atom stereocenters. The number of hydrogen-bond donors (Lipinski definition) is 2. The van der Waals surface area contributed by atoms with Gasteiger partial charge in [0.2, 0.25) is 0 Å². The van der Waals surface area contributed by atoms with Crippen molar-refractivity contribution in [2.75, 3.05) is 6.61 Å². The first-order valence-corrected chi connectivity index (χ1v) is 5.75. The quantitative estimate of drug-likeness (QED) is 0.890. The zero-order valence-corrected chi connectivity index (χ0v) is 10.5. The van der Waals surface area contributed by atoms with Gasteiger partial charge >= 0.3 is 5.97 Å². The van der Waals surface area contributed by atoms with Crippen LogP contribution in [0.2, 0.25) is 0 Å². The summed E-state index contributed by atoms with van der Waals surface area (Å²) in [5.74, 6) is -1.08. The van der Waals surface area contributed by atoms with Crippen LogP contribution in [0.25, 0.3) is 11.3 Å². The number of aromatic nitrogens is 2. The molecule has 1 aromatic carbocycles. The summed E-state index contributed by atoms with van der Waals surface area (Å²) < 4.78 is 18.8. The maximum atomic E-state index is 13.8. The molecule has 100 valence electrons. The second-order valence-corrected chi connectivity index (χ2v) is 3.93. The molecule has 0 aliphatic carbocycles. The topological polar surface area (TPSA) is 75.2 Å². The van der Waals surface area contributed by atoms with Crippen molar-refractivity contribution in [3.05, 3.63) is 35.5 Å². The van der Waals surface area contributed by atoms with Crippen LogP contribution in [0.3, 0.4) is 0 Å². The zero-order chi connectivity index (χ0) is 14.0. The van der Waals surface area contributed by atoms with E-state index >= 15 is 0 Å². The van der Waals surface area contributed by atoms with Crippen LogP contribution in [0.5, 0.6) is 5.75 Å². The molecule has 5 nitrogen and oxygen atoms in total. The number of halogens is 1. The van der Waals surface area contributed by atoms with Crippen LogP contribution < -0.4 is 4.74 Å². The summed E-state index contributed by atoms with van der Waals surface area (Å²) in [6, 6.07) is 4.26. The van der Waals surface area contributed by atoms with Crippen LogP contribution in [-0.4, -0.2) is 27.7 Å². The van der Waals surface area contributed by atoms with E-state index < -0.39 is 11.8 Å². The van der Waals surface area contributed by atoms with Crippen molar-refractivity contribution in [3.8, 4) is 17.0 Å². The minimum atomic E-state index is -1.13. The van der Waals surface area contributed by atoms with Gasteiger partial charge in [-0.05, 0) is 32.0 Å². The molecule has 0 radical (unpaired) electrons. The highest BCUT2D eigenvalue weighted by atomic mass is 19.1. The molecule has 0 unspecified atom stereocenters. The number of nitrogens with zero attached hydrogens (tertiary/aromatic N) is 1. The largest absolute Gasteiger partial charge is 0.491 e. The minimum absolute atomic E-state index is 0.0546. The lowest BCUT2D eigenvalue weighted by molar-refractivity contribution is 0.0692. The molecule has 19 heavy (non-hydrogen) atoms. The molecule has 2 aromatic rings. The van der Waals surface area contributed by atoms with Gasteiger partial charge in [-0.2, -0.15) is 0 Å². The van der Waals surface area contributed by atoms with Crippen molar-refractivity contribution in [1.29, 1.82) is 0 Å². The number of benzene rings is 1. The first kappa shape index (κ1) is 13.1. The van der Waals surface area contributed by atoms with Crippen molar-refractivity contribution in [2.45, 2.75) is 13.8 Å². The molecule has 0 aliphatic rings. The SMILES string of the molecule is CCOc1ccc(-c2nc(C)[nH]c2C(=O)O)cc1F. The Balaban J connectivity index is 2.48. The van der Waals surface area contributed by atoms with Gasteiger partial charge in [0.25, 0.3) is 0 Å². The number of aromatic carboxylic acids is 1. The lowest BCUT2D eigenvalue weighted by Crippen LogP contribution is -2.00. The maximum absolute atomic E-state index is 13.8. The van der Waals surface area contributed by atoms with Gasteiger partial charge in [-0.15, -0.1) is 0 Å². The molecule has 0 aliphatic heterocycles. The van der Waals surface area contributed by atoms with Gasteiger partial charge in [0.15, 0.2) is 17.3 Å². The molecule has 1 heterocycles. The Hall–Kier alpha value is -2.37. The highest BCUT2D eigenvalue weighted by Crippen LogP contribution is 2.27. The Bertz CT molecular complexity index is 622. The minimum Gasteiger partial charge on any atom is -0.491 e. The lowest BCUT2D eigenvalue weighted by Gasteiger charge is -2.06. The summed E-state index contributed by atoms with van der Waals surface area (Å²) in [7, 11) is 0. The molecule has 0 bridgehead atoms. The summed E-state index contributed by atoms with van der Waals surface area (Å²) in [6.07, 6.45) is 0. The molecule has 0 amide bonds. The number of aryl methyl sites for hydroxylation is 1. The number of rotatable bonds is 4. The average Bonchev–Trinajstić information content (AvgIpc) is 2.74. The Morgan fingerprint density at radius 2 is 2.26 bits per heavy atom. The maximum Gasteiger partial charge on any atom is 0.354 e. The van der Waals surface area contributed by atoms with Gasteiger partial charge in [-0.1, -0.05) is 0 Å². The standard InChI is InChI=1S/C13H13FN2O3/c1-3-19-10-5-4-8(6-9(10)14)11-12(13(17)18)16-7(2)15-11/h4-6H,3H2,1-2H3,(H,15,16)(H,17,18). The second kappa shape index (κ2) is 5.09. The summed E-state index contributed by atoms with van der Waals surface area (Å²) in [5.41, 5.74) is 0.552. The monoisotopic (exact) mass is 264 g/mol. The second-order valence-electron chi connectivity index (χ2n) is 3.93. The van der Waals surface area contributed by atoms with Crippen molar-refractivity contribution < 1.29 is 19.0 Å².